The van der Waals surface area contributed by atoms with Gasteiger partial charge in [-0.2, -0.15) is 4.98 Å². The molecule has 0 spiro atoms. The van der Waals surface area contributed by atoms with Gasteiger partial charge in [0.15, 0.2) is 5.82 Å². The number of aromatic nitrogens is 2. The Labute approximate surface area is 188 Å². The van der Waals surface area contributed by atoms with Crippen molar-refractivity contribution < 1.29 is 23.6 Å². The molecule has 2 heterocycles. The standard InChI is InChI=1S/C23H32N4O5/c1-15(2)10-22-24-21(25-32-22)7-9-27(16(3)28)18-6-8-26(14-18)23(29)17-11-19(30-4)13-20(12-17)31-5/h11-13,15,18H,6-10,14H2,1-5H3. The van der Waals surface area contributed by atoms with Gasteiger partial charge in [0.25, 0.3) is 5.91 Å². The minimum absolute atomic E-state index is 0.0294. The van der Waals surface area contributed by atoms with Gasteiger partial charge in [0.1, 0.15) is 11.5 Å². The highest BCUT2D eigenvalue weighted by Gasteiger charge is 2.32. The molecule has 2 amide bonds. The first kappa shape index (κ1) is 23.6. The first-order chi connectivity index (χ1) is 15.3. The Hall–Kier alpha value is -3.10. The molecule has 1 aliphatic heterocycles. The summed E-state index contributed by atoms with van der Waals surface area (Å²) in [6.45, 7) is 7.27. The molecular formula is C23H32N4O5. The van der Waals surface area contributed by atoms with Crippen molar-refractivity contribution in [2.45, 2.75) is 46.1 Å². The van der Waals surface area contributed by atoms with Crippen LogP contribution in [0.2, 0.25) is 0 Å². The molecule has 2 aromatic rings. The van der Waals surface area contributed by atoms with Crippen LogP contribution in [0.4, 0.5) is 0 Å². The second-order valence-electron chi connectivity index (χ2n) is 8.46. The van der Waals surface area contributed by atoms with Gasteiger partial charge >= 0.3 is 0 Å². The van der Waals surface area contributed by atoms with Crippen LogP contribution in [-0.2, 0) is 17.6 Å². The van der Waals surface area contributed by atoms with Crippen LogP contribution in [0.3, 0.4) is 0 Å². The highest BCUT2D eigenvalue weighted by molar-refractivity contribution is 5.95. The van der Waals surface area contributed by atoms with Crippen molar-refractivity contribution in [3.63, 3.8) is 0 Å². The quantitative estimate of drug-likeness (QED) is 0.586. The number of hydrogen-bond donors (Lipinski definition) is 0. The normalized spacial score (nSPS) is 15.8. The summed E-state index contributed by atoms with van der Waals surface area (Å²) in [7, 11) is 3.10. The Balaban J connectivity index is 1.63. The number of ether oxygens (including phenoxy) is 2. The number of carbonyl (C=O) groups is 2. The molecule has 0 N–H and O–H groups in total. The Morgan fingerprint density at radius 2 is 1.91 bits per heavy atom. The zero-order valence-corrected chi connectivity index (χ0v) is 19.5. The van der Waals surface area contributed by atoms with E-state index in [0.717, 1.165) is 12.8 Å². The SMILES string of the molecule is COc1cc(OC)cc(C(=O)N2CCC(N(CCc3noc(CC(C)C)n3)C(C)=O)C2)c1. The molecule has 3 rings (SSSR count). The van der Waals surface area contributed by atoms with Gasteiger partial charge < -0.3 is 23.8 Å². The third-order valence-corrected chi connectivity index (χ3v) is 5.56. The van der Waals surface area contributed by atoms with Crippen molar-refractivity contribution in [2.75, 3.05) is 33.9 Å². The lowest BCUT2D eigenvalue weighted by molar-refractivity contribution is -0.130. The summed E-state index contributed by atoms with van der Waals surface area (Å²) in [4.78, 5) is 33.4. The summed E-state index contributed by atoms with van der Waals surface area (Å²) in [5.41, 5.74) is 0.501. The third-order valence-electron chi connectivity index (χ3n) is 5.56. The van der Waals surface area contributed by atoms with Gasteiger partial charge in [-0.15, -0.1) is 0 Å². The lowest BCUT2D eigenvalue weighted by Gasteiger charge is -2.27. The number of methoxy groups -OCH3 is 2. The van der Waals surface area contributed by atoms with Gasteiger partial charge in [-0.1, -0.05) is 19.0 Å². The maximum absolute atomic E-state index is 13.1. The van der Waals surface area contributed by atoms with Crippen LogP contribution in [0, 0.1) is 5.92 Å². The van der Waals surface area contributed by atoms with E-state index >= 15 is 0 Å². The lowest BCUT2D eigenvalue weighted by atomic mass is 10.1. The summed E-state index contributed by atoms with van der Waals surface area (Å²) >= 11 is 0. The average molecular weight is 445 g/mol. The van der Waals surface area contributed by atoms with Crippen LogP contribution in [0.15, 0.2) is 22.7 Å². The molecule has 1 aromatic heterocycles. The van der Waals surface area contributed by atoms with Gasteiger partial charge in [0, 0.05) is 51.0 Å². The summed E-state index contributed by atoms with van der Waals surface area (Å²) in [5.74, 6) is 2.64. The van der Waals surface area contributed by atoms with Crippen molar-refractivity contribution in [1.82, 2.24) is 19.9 Å². The predicted octanol–water partition coefficient (Wildman–Crippen LogP) is 2.59. The molecule has 0 radical (unpaired) electrons. The lowest BCUT2D eigenvalue weighted by Crippen LogP contribution is -2.42. The van der Waals surface area contributed by atoms with Crippen molar-refractivity contribution >= 4 is 11.8 Å². The van der Waals surface area contributed by atoms with Crippen LogP contribution < -0.4 is 9.47 Å². The molecule has 0 bridgehead atoms. The molecule has 1 aliphatic rings. The van der Waals surface area contributed by atoms with Crippen LogP contribution >= 0.6 is 0 Å². The van der Waals surface area contributed by atoms with E-state index in [4.69, 9.17) is 14.0 Å². The molecule has 32 heavy (non-hydrogen) atoms. The fraction of sp³-hybridized carbons (Fsp3) is 0.565. The van der Waals surface area contributed by atoms with E-state index < -0.39 is 0 Å². The second kappa shape index (κ2) is 10.5. The summed E-state index contributed by atoms with van der Waals surface area (Å²) in [5, 5.41) is 4.03. The topological polar surface area (TPSA) is 98.0 Å². The van der Waals surface area contributed by atoms with Gasteiger partial charge in [-0.25, -0.2) is 0 Å². The van der Waals surface area contributed by atoms with Crippen molar-refractivity contribution in [3.8, 4) is 11.5 Å². The van der Waals surface area contributed by atoms with Crippen LogP contribution in [0.1, 0.15) is 49.3 Å². The van der Waals surface area contributed by atoms with Gasteiger partial charge in [-0.05, 0) is 24.5 Å². The summed E-state index contributed by atoms with van der Waals surface area (Å²) in [6, 6.07) is 5.08. The van der Waals surface area contributed by atoms with E-state index in [1.54, 1.807) is 49.1 Å². The van der Waals surface area contributed by atoms with E-state index in [1.165, 1.54) is 0 Å². The molecular weight excluding hydrogens is 412 g/mol. The molecule has 174 valence electrons. The maximum atomic E-state index is 13.1. The fourth-order valence-electron chi connectivity index (χ4n) is 3.94. The fourth-order valence-corrected chi connectivity index (χ4v) is 3.94. The molecule has 1 aromatic carbocycles. The van der Waals surface area contributed by atoms with Crippen molar-refractivity contribution in [1.29, 1.82) is 0 Å². The minimum atomic E-state index is -0.107. The third kappa shape index (κ3) is 5.77. The molecule has 1 unspecified atom stereocenters. The Bertz CT molecular complexity index is 920. The largest absolute Gasteiger partial charge is 0.497 e. The molecule has 0 aliphatic carbocycles. The summed E-state index contributed by atoms with van der Waals surface area (Å²) < 4.78 is 15.8. The van der Waals surface area contributed by atoms with E-state index in [2.05, 4.69) is 24.0 Å². The number of benzene rings is 1. The number of carbonyl (C=O) groups excluding carboxylic acids is 2. The van der Waals surface area contributed by atoms with E-state index in [-0.39, 0.29) is 17.9 Å². The minimum Gasteiger partial charge on any atom is -0.497 e. The zero-order valence-electron chi connectivity index (χ0n) is 19.5. The number of rotatable bonds is 9. The van der Waals surface area contributed by atoms with Crippen molar-refractivity contribution in [2.24, 2.45) is 5.92 Å². The highest BCUT2D eigenvalue weighted by atomic mass is 16.5. The van der Waals surface area contributed by atoms with Crippen LogP contribution in [0.25, 0.3) is 0 Å². The van der Waals surface area contributed by atoms with E-state index in [1.807, 2.05) is 0 Å². The maximum Gasteiger partial charge on any atom is 0.254 e. The monoisotopic (exact) mass is 444 g/mol. The second-order valence-corrected chi connectivity index (χ2v) is 8.46. The number of nitrogens with zero attached hydrogens (tertiary/aromatic N) is 4. The van der Waals surface area contributed by atoms with Crippen molar-refractivity contribution in [3.05, 3.63) is 35.5 Å². The smallest absolute Gasteiger partial charge is 0.254 e. The van der Waals surface area contributed by atoms with Gasteiger partial charge in [0.2, 0.25) is 11.8 Å². The first-order valence-electron chi connectivity index (χ1n) is 10.9. The number of likely N-dealkylation sites (tertiary alicyclic amines) is 1. The molecule has 1 fully saturated rings. The molecule has 0 saturated carbocycles. The Morgan fingerprint density at radius 1 is 1.22 bits per heavy atom. The number of amides is 2. The van der Waals surface area contributed by atoms with E-state index in [0.29, 0.717) is 60.8 Å². The van der Waals surface area contributed by atoms with E-state index in [9.17, 15) is 9.59 Å². The predicted molar refractivity (Wildman–Crippen MR) is 118 cm³/mol. The van der Waals surface area contributed by atoms with Gasteiger partial charge in [0.05, 0.1) is 20.3 Å². The average Bonchev–Trinajstić information content (AvgIpc) is 3.42. The van der Waals surface area contributed by atoms with Crippen LogP contribution in [0.5, 0.6) is 11.5 Å². The molecule has 9 nitrogen and oxygen atoms in total. The molecule has 1 saturated heterocycles. The van der Waals surface area contributed by atoms with Crippen LogP contribution in [-0.4, -0.2) is 71.7 Å². The first-order valence-corrected chi connectivity index (χ1v) is 10.9. The van der Waals surface area contributed by atoms with Gasteiger partial charge in [-0.3, -0.25) is 9.59 Å². The Morgan fingerprint density at radius 3 is 2.50 bits per heavy atom. The molecule has 9 heteroatoms. The summed E-state index contributed by atoms with van der Waals surface area (Å²) in [6.07, 6.45) is 1.97. The zero-order chi connectivity index (χ0) is 23.3. The molecule has 1 atom stereocenters. The number of hydrogen-bond acceptors (Lipinski definition) is 7. The highest BCUT2D eigenvalue weighted by Crippen LogP contribution is 2.25. The Kier molecular flexibility index (Phi) is 7.71.